The number of thiophene rings is 1. The van der Waals surface area contributed by atoms with Crippen molar-refractivity contribution in [2.75, 3.05) is 6.54 Å². The monoisotopic (exact) mass is 301 g/mol. The number of rotatable bonds is 6. The Morgan fingerprint density at radius 1 is 1.15 bits per heavy atom. The van der Waals surface area contributed by atoms with E-state index >= 15 is 0 Å². The minimum Gasteiger partial charge on any atom is -0.311 e. The van der Waals surface area contributed by atoms with E-state index in [0.717, 1.165) is 35.9 Å². The van der Waals surface area contributed by atoms with Crippen LogP contribution in [0.2, 0.25) is 0 Å². The number of nitrogens with zero attached hydrogens (tertiary/aromatic N) is 2. The lowest BCUT2D eigenvalue weighted by molar-refractivity contribution is 0.678. The van der Waals surface area contributed by atoms with Crippen molar-refractivity contribution in [3.63, 3.8) is 0 Å². The van der Waals surface area contributed by atoms with Crippen LogP contribution in [0, 0.1) is 0 Å². The molecular formula is C15H15N3S2. The van der Waals surface area contributed by atoms with Gasteiger partial charge in [0.1, 0.15) is 5.01 Å². The van der Waals surface area contributed by atoms with Crippen molar-refractivity contribution in [3.8, 4) is 10.7 Å². The van der Waals surface area contributed by atoms with Gasteiger partial charge in [-0.2, -0.15) is 11.3 Å². The summed E-state index contributed by atoms with van der Waals surface area (Å²) in [5.74, 6) is 0. The first-order valence-corrected chi connectivity index (χ1v) is 8.31. The molecule has 3 heterocycles. The maximum Gasteiger partial charge on any atom is 0.142 e. The van der Waals surface area contributed by atoms with Crippen LogP contribution in [0.5, 0.6) is 0 Å². The minimum absolute atomic E-state index is 0.813. The summed E-state index contributed by atoms with van der Waals surface area (Å²) in [6.07, 6.45) is 2.87. The van der Waals surface area contributed by atoms with Gasteiger partial charge < -0.3 is 5.32 Å². The summed E-state index contributed by atoms with van der Waals surface area (Å²) in [6, 6.07) is 8.08. The van der Waals surface area contributed by atoms with E-state index in [1.807, 2.05) is 18.2 Å². The van der Waals surface area contributed by atoms with Crippen molar-refractivity contribution >= 4 is 22.7 Å². The standard InChI is InChI=1S/C15H15N3S2/c1-2-6-17-14(3-1)15-18-13(11-20-15)9-16-7-4-12-5-8-19-10-12/h1-3,5-6,8,10-11,16H,4,7,9H2. The molecule has 0 aliphatic rings. The number of aromatic nitrogens is 2. The maximum absolute atomic E-state index is 4.61. The molecule has 0 spiro atoms. The quantitative estimate of drug-likeness (QED) is 0.707. The molecule has 20 heavy (non-hydrogen) atoms. The van der Waals surface area contributed by atoms with E-state index in [0.29, 0.717) is 0 Å². The maximum atomic E-state index is 4.61. The third-order valence-corrected chi connectivity index (χ3v) is 4.56. The van der Waals surface area contributed by atoms with E-state index < -0.39 is 0 Å². The first-order valence-electron chi connectivity index (χ1n) is 6.49. The van der Waals surface area contributed by atoms with Gasteiger partial charge in [0.15, 0.2) is 0 Å². The van der Waals surface area contributed by atoms with Gasteiger partial charge in [0, 0.05) is 18.1 Å². The zero-order chi connectivity index (χ0) is 13.6. The Kier molecular flexibility index (Phi) is 4.53. The zero-order valence-corrected chi connectivity index (χ0v) is 12.6. The molecule has 0 aliphatic carbocycles. The highest BCUT2D eigenvalue weighted by molar-refractivity contribution is 7.13. The summed E-state index contributed by atoms with van der Waals surface area (Å²) >= 11 is 3.40. The molecule has 102 valence electrons. The fourth-order valence-electron chi connectivity index (χ4n) is 1.88. The van der Waals surface area contributed by atoms with Crippen molar-refractivity contribution in [1.82, 2.24) is 15.3 Å². The van der Waals surface area contributed by atoms with E-state index in [1.165, 1.54) is 5.56 Å². The molecule has 0 fully saturated rings. The van der Waals surface area contributed by atoms with Crippen LogP contribution in [-0.4, -0.2) is 16.5 Å². The molecule has 0 atom stereocenters. The zero-order valence-electron chi connectivity index (χ0n) is 11.0. The Balaban J connectivity index is 1.50. The molecular weight excluding hydrogens is 286 g/mol. The Morgan fingerprint density at radius 2 is 2.15 bits per heavy atom. The summed E-state index contributed by atoms with van der Waals surface area (Å²) < 4.78 is 0. The lowest BCUT2D eigenvalue weighted by atomic mass is 10.2. The Morgan fingerprint density at radius 3 is 2.95 bits per heavy atom. The second kappa shape index (κ2) is 6.74. The molecule has 0 aromatic carbocycles. The molecule has 3 aromatic heterocycles. The average Bonchev–Trinajstić information content (AvgIpc) is 3.16. The Labute approximate surface area is 126 Å². The number of hydrogen-bond donors (Lipinski definition) is 1. The Hall–Kier alpha value is -1.56. The van der Waals surface area contributed by atoms with Gasteiger partial charge in [0.2, 0.25) is 0 Å². The van der Waals surface area contributed by atoms with Crippen LogP contribution in [0.25, 0.3) is 10.7 Å². The minimum atomic E-state index is 0.813. The normalized spacial score (nSPS) is 10.8. The summed E-state index contributed by atoms with van der Waals surface area (Å²) in [5, 5.41) is 10.8. The van der Waals surface area contributed by atoms with Gasteiger partial charge in [-0.05, 0) is 47.5 Å². The van der Waals surface area contributed by atoms with Crippen LogP contribution >= 0.6 is 22.7 Å². The first-order chi connectivity index (χ1) is 9.92. The van der Waals surface area contributed by atoms with Gasteiger partial charge in [0.25, 0.3) is 0 Å². The number of nitrogens with one attached hydrogen (secondary N) is 1. The molecule has 0 saturated heterocycles. The Bertz CT molecular complexity index is 632. The molecule has 1 N–H and O–H groups in total. The molecule has 0 saturated carbocycles. The van der Waals surface area contributed by atoms with Crippen LogP contribution in [0.1, 0.15) is 11.3 Å². The van der Waals surface area contributed by atoms with Crippen molar-refractivity contribution in [1.29, 1.82) is 0 Å². The fraction of sp³-hybridized carbons (Fsp3) is 0.200. The fourth-order valence-corrected chi connectivity index (χ4v) is 3.38. The van der Waals surface area contributed by atoms with E-state index in [4.69, 9.17) is 0 Å². The van der Waals surface area contributed by atoms with Gasteiger partial charge in [-0.3, -0.25) is 4.98 Å². The predicted molar refractivity (Wildman–Crippen MR) is 85.1 cm³/mol. The molecule has 3 nitrogen and oxygen atoms in total. The van der Waals surface area contributed by atoms with Crippen molar-refractivity contribution in [2.45, 2.75) is 13.0 Å². The van der Waals surface area contributed by atoms with Crippen LogP contribution in [0.4, 0.5) is 0 Å². The highest BCUT2D eigenvalue weighted by Crippen LogP contribution is 2.21. The topological polar surface area (TPSA) is 37.8 Å². The van der Waals surface area contributed by atoms with Crippen LogP contribution < -0.4 is 5.32 Å². The second-order valence-electron chi connectivity index (χ2n) is 4.42. The summed E-state index contributed by atoms with van der Waals surface area (Å²) in [7, 11) is 0. The number of pyridine rings is 1. The molecule has 0 aliphatic heterocycles. The first kappa shape index (κ1) is 13.4. The van der Waals surface area contributed by atoms with E-state index in [-0.39, 0.29) is 0 Å². The number of thiazole rings is 1. The molecule has 3 rings (SSSR count). The summed E-state index contributed by atoms with van der Waals surface area (Å²) in [6.45, 7) is 1.79. The van der Waals surface area contributed by atoms with Gasteiger partial charge in [-0.15, -0.1) is 11.3 Å². The smallest absolute Gasteiger partial charge is 0.142 e. The van der Waals surface area contributed by atoms with Crippen molar-refractivity contribution < 1.29 is 0 Å². The lowest BCUT2D eigenvalue weighted by Gasteiger charge is -2.01. The van der Waals surface area contributed by atoms with Crippen LogP contribution in [0.15, 0.2) is 46.6 Å². The largest absolute Gasteiger partial charge is 0.311 e. The van der Waals surface area contributed by atoms with Gasteiger partial charge in [-0.25, -0.2) is 4.98 Å². The highest BCUT2D eigenvalue weighted by Gasteiger charge is 2.04. The highest BCUT2D eigenvalue weighted by atomic mass is 32.1. The number of hydrogen-bond acceptors (Lipinski definition) is 5. The third-order valence-electron chi connectivity index (χ3n) is 2.91. The SMILES string of the molecule is c1ccc(-c2nc(CNCCc3ccsc3)cs2)nc1. The van der Waals surface area contributed by atoms with Crippen LogP contribution in [-0.2, 0) is 13.0 Å². The third kappa shape index (κ3) is 3.50. The van der Waals surface area contributed by atoms with E-state index in [2.05, 4.69) is 37.5 Å². The summed E-state index contributed by atoms with van der Waals surface area (Å²) in [4.78, 5) is 8.93. The predicted octanol–water partition coefficient (Wildman–Crippen LogP) is 3.60. The molecule has 0 amide bonds. The molecule has 0 unspecified atom stereocenters. The van der Waals surface area contributed by atoms with Gasteiger partial charge in [-0.1, -0.05) is 6.07 Å². The molecule has 0 radical (unpaired) electrons. The van der Waals surface area contributed by atoms with Crippen molar-refractivity contribution in [2.24, 2.45) is 0 Å². The van der Waals surface area contributed by atoms with Gasteiger partial charge in [0.05, 0.1) is 11.4 Å². The summed E-state index contributed by atoms with van der Waals surface area (Å²) in [5.41, 5.74) is 3.43. The molecule has 0 bridgehead atoms. The molecule has 5 heteroatoms. The van der Waals surface area contributed by atoms with E-state index in [1.54, 1.807) is 28.9 Å². The lowest BCUT2D eigenvalue weighted by Crippen LogP contribution is -2.16. The van der Waals surface area contributed by atoms with Crippen molar-refractivity contribution in [3.05, 3.63) is 57.9 Å². The second-order valence-corrected chi connectivity index (χ2v) is 6.06. The average molecular weight is 301 g/mol. The van der Waals surface area contributed by atoms with Gasteiger partial charge >= 0.3 is 0 Å². The molecule has 3 aromatic rings. The van der Waals surface area contributed by atoms with E-state index in [9.17, 15) is 0 Å². The van der Waals surface area contributed by atoms with Crippen LogP contribution in [0.3, 0.4) is 0 Å².